The molecule has 1 atom stereocenters. The van der Waals surface area contributed by atoms with Gasteiger partial charge in [0, 0.05) is 32.3 Å². The van der Waals surface area contributed by atoms with Gasteiger partial charge in [0.25, 0.3) is 0 Å². The number of fused-ring (bicyclic) bond motifs is 1. The van der Waals surface area contributed by atoms with Gasteiger partial charge in [-0.05, 0) is 35.2 Å². The van der Waals surface area contributed by atoms with Gasteiger partial charge in [-0.2, -0.15) is 5.10 Å². The van der Waals surface area contributed by atoms with E-state index >= 15 is 0 Å². The number of piperidine rings is 1. The van der Waals surface area contributed by atoms with E-state index in [0.717, 1.165) is 37.2 Å². The molecular formula is C21H23N3O. The molecule has 1 amide bonds. The van der Waals surface area contributed by atoms with E-state index in [1.807, 2.05) is 41.0 Å². The third-order valence-corrected chi connectivity index (χ3v) is 5.15. The van der Waals surface area contributed by atoms with E-state index in [1.54, 1.807) is 0 Å². The van der Waals surface area contributed by atoms with E-state index in [9.17, 15) is 4.79 Å². The fraction of sp³-hybridized carbons (Fsp3) is 0.333. The average molecular weight is 333 g/mol. The van der Waals surface area contributed by atoms with E-state index in [4.69, 9.17) is 0 Å². The lowest BCUT2D eigenvalue weighted by atomic mass is 9.94. The Balaban J connectivity index is 1.50. The molecule has 1 saturated heterocycles. The average Bonchev–Trinajstić information content (AvgIpc) is 3.09. The molecule has 128 valence electrons. The molecule has 2 heterocycles. The molecule has 0 aliphatic carbocycles. The maximum atomic E-state index is 12.9. The van der Waals surface area contributed by atoms with Gasteiger partial charge in [-0.1, -0.05) is 42.5 Å². The smallest absolute Gasteiger partial charge is 0.227 e. The van der Waals surface area contributed by atoms with Crippen LogP contribution in [0.25, 0.3) is 10.8 Å². The van der Waals surface area contributed by atoms with Crippen molar-refractivity contribution in [3.05, 3.63) is 66.0 Å². The number of likely N-dealkylation sites (tertiary alicyclic amines) is 1. The first-order valence-electron chi connectivity index (χ1n) is 8.94. The number of hydrogen-bond acceptors (Lipinski definition) is 2. The van der Waals surface area contributed by atoms with Crippen molar-refractivity contribution in [3.63, 3.8) is 0 Å². The molecular weight excluding hydrogens is 310 g/mol. The fourth-order valence-corrected chi connectivity index (χ4v) is 3.82. The summed E-state index contributed by atoms with van der Waals surface area (Å²) in [7, 11) is 1.94. The zero-order valence-electron chi connectivity index (χ0n) is 14.6. The van der Waals surface area contributed by atoms with Gasteiger partial charge in [0.05, 0.1) is 12.1 Å². The van der Waals surface area contributed by atoms with Crippen molar-refractivity contribution in [2.45, 2.75) is 25.2 Å². The highest BCUT2D eigenvalue weighted by molar-refractivity contribution is 5.90. The summed E-state index contributed by atoms with van der Waals surface area (Å²) in [4.78, 5) is 14.9. The fourth-order valence-electron chi connectivity index (χ4n) is 3.82. The lowest BCUT2D eigenvalue weighted by Crippen LogP contribution is -2.40. The summed E-state index contributed by atoms with van der Waals surface area (Å²) in [5.74, 6) is 0.573. The third-order valence-electron chi connectivity index (χ3n) is 5.15. The second kappa shape index (κ2) is 6.71. The molecule has 0 saturated carbocycles. The first-order valence-corrected chi connectivity index (χ1v) is 8.94. The van der Waals surface area contributed by atoms with Crippen molar-refractivity contribution in [2.24, 2.45) is 7.05 Å². The Kier molecular flexibility index (Phi) is 4.26. The number of aryl methyl sites for hydroxylation is 1. The van der Waals surface area contributed by atoms with Gasteiger partial charge in [0.1, 0.15) is 0 Å². The zero-order valence-corrected chi connectivity index (χ0v) is 14.6. The van der Waals surface area contributed by atoms with Gasteiger partial charge in [-0.25, -0.2) is 0 Å². The Morgan fingerprint density at radius 3 is 2.84 bits per heavy atom. The van der Waals surface area contributed by atoms with Gasteiger partial charge >= 0.3 is 0 Å². The SMILES string of the molecule is Cn1ccc([C@@H]2CCCN(C(=O)Cc3cccc4ccccc34)C2)n1. The molecule has 0 bridgehead atoms. The summed E-state index contributed by atoms with van der Waals surface area (Å²) >= 11 is 0. The predicted molar refractivity (Wildman–Crippen MR) is 99.4 cm³/mol. The number of carbonyl (C=O) groups is 1. The maximum Gasteiger partial charge on any atom is 0.227 e. The van der Waals surface area contributed by atoms with Crippen molar-refractivity contribution < 1.29 is 4.79 Å². The third kappa shape index (κ3) is 3.29. The number of nitrogens with zero attached hydrogens (tertiary/aromatic N) is 3. The molecule has 1 aromatic heterocycles. The Bertz CT molecular complexity index is 894. The monoisotopic (exact) mass is 333 g/mol. The van der Waals surface area contributed by atoms with Crippen LogP contribution in [0.2, 0.25) is 0 Å². The molecule has 2 aromatic carbocycles. The van der Waals surface area contributed by atoms with E-state index in [2.05, 4.69) is 35.4 Å². The Morgan fingerprint density at radius 2 is 2.00 bits per heavy atom. The van der Waals surface area contributed by atoms with Crippen molar-refractivity contribution in [1.82, 2.24) is 14.7 Å². The molecule has 0 radical (unpaired) electrons. The highest BCUT2D eigenvalue weighted by Gasteiger charge is 2.26. The number of amides is 1. The van der Waals surface area contributed by atoms with Crippen LogP contribution < -0.4 is 0 Å². The summed E-state index contributed by atoms with van der Waals surface area (Å²) in [6.45, 7) is 1.63. The molecule has 4 rings (SSSR count). The summed E-state index contributed by atoms with van der Waals surface area (Å²) in [5, 5.41) is 6.90. The lowest BCUT2D eigenvalue weighted by molar-refractivity contribution is -0.131. The quantitative estimate of drug-likeness (QED) is 0.735. The second-order valence-corrected chi connectivity index (χ2v) is 6.91. The molecule has 1 aliphatic heterocycles. The first kappa shape index (κ1) is 15.9. The standard InChI is InChI=1S/C21H23N3O/c1-23-13-11-20(22-23)18-9-5-12-24(15-18)21(25)14-17-8-4-7-16-6-2-3-10-19(16)17/h2-4,6-8,10-11,13,18H,5,9,12,14-15H2,1H3/t18-/m1/s1. The first-order chi connectivity index (χ1) is 12.2. The molecule has 1 aliphatic rings. The minimum atomic E-state index is 0.219. The Morgan fingerprint density at radius 1 is 1.16 bits per heavy atom. The van der Waals surface area contributed by atoms with Crippen LogP contribution in [-0.2, 0) is 18.3 Å². The minimum absolute atomic E-state index is 0.219. The van der Waals surface area contributed by atoms with Crippen molar-refractivity contribution in [1.29, 1.82) is 0 Å². The van der Waals surface area contributed by atoms with Gasteiger partial charge < -0.3 is 4.90 Å². The Labute approximate surface area is 148 Å². The molecule has 1 fully saturated rings. The van der Waals surface area contributed by atoms with Crippen LogP contribution in [0.3, 0.4) is 0 Å². The van der Waals surface area contributed by atoms with Gasteiger partial charge in [0.2, 0.25) is 5.91 Å². The molecule has 0 spiro atoms. The summed E-state index contributed by atoms with van der Waals surface area (Å²) in [6.07, 6.45) is 4.60. The largest absolute Gasteiger partial charge is 0.342 e. The number of rotatable bonds is 3. The van der Waals surface area contributed by atoms with Crippen molar-refractivity contribution >= 4 is 16.7 Å². The number of benzene rings is 2. The van der Waals surface area contributed by atoms with E-state index in [0.29, 0.717) is 12.3 Å². The highest BCUT2D eigenvalue weighted by Crippen LogP contribution is 2.26. The normalized spacial score (nSPS) is 17.8. The van der Waals surface area contributed by atoms with Crippen LogP contribution in [0.15, 0.2) is 54.7 Å². The number of carbonyl (C=O) groups excluding carboxylic acids is 1. The Hall–Kier alpha value is -2.62. The van der Waals surface area contributed by atoms with Gasteiger partial charge in [0.15, 0.2) is 0 Å². The van der Waals surface area contributed by atoms with Crippen LogP contribution in [0, 0.1) is 0 Å². The second-order valence-electron chi connectivity index (χ2n) is 6.91. The van der Waals surface area contributed by atoms with E-state index < -0.39 is 0 Å². The van der Waals surface area contributed by atoms with Crippen LogP contribution in [0.1, 0.15) is 30.0 Å². The van der Waals surface area contributed by atoms with E-state index in [1.165, 1.54) is 10.8 Å². The molecule has 4 nitrogen and oxygen atoms in total. The molecule has 25 heavy (non-hydrogen) atoms. The number of hydrogen-bond donors (Lipinski definition) is 0. The molecule has 3 aromatic rings. The van der Waals surface area contributed by atoms with Crippen molar-refractivity contribution in [2.75, 3.05) is 13.1 Å². The summed E-state index contributed by atoms with van der Waals surface area (Å²) in [5.41, 5.74) is 2.22. The molecule has 0 unspecified atom stereocenters. The number of aromatic nitrogens is 2. The van der Waals surface area contributed by atoms with Crippen LogP contribution in [0.5, 0.6) is 0 Å². The highest BCUT2D eigenvalue weighted by atomic mass is 16.2. The van der Waals surface area contributed by atoms with Gasteiger partial charge in [-0.3, -0.25) is 9.48 Å². The van der Waals surface area contributed by atoms with E-state index in [-0.39, 0.29) is 5.91 Å². The van der Waals surface area contributed by atoms with Gasteiger partial charge in [-0.15, -0.1) is 0 Å². The van der Waals surface area contributed by atoms with Crippen molar-refractivity contribution in [3.8, 4) is 0 Å². The minimum Gasteiger partial charge on any atom is -0.342 e. The molecule has 0 N–H and O–H groups in total. The summed E-state index contributed by atoms with van der Waals surface area (Å²) in [6, 6.07) is 16.6. The summed E-state index contributed by atoms with van der Waals surface area (Å²) < 4.78 is 1.84. The van der Waals surface area contributed by atoms with Crippen LogP contribution in [0.4, 0.5) is 0 Å². The maximum absolute atomic E-state index is 12.9. The zero-order chi connectivity index (χ0) is 17.2. The molecule has 4 heteroatoms. The van der Waals surface area contributed by atoms with Crippen LogP contribution >= 0.6 is 0 Å². The topological polar surface area (TPSA) is 38.1 Å². The predicted octanol–water partition coefficient (Wildman–Crippen LogP) is 3.52. The van der Waals surface area contributed by atoms with Crippen LogP contribution in [-0.4, -0.2) is 33.7 Å². The lowest BCUT2D eigenvalue weighted by Gasteiger charge is -2.32.